The number of carbonyl (C=O) groups excluding carboxylic acids is 1. The van der Waals surface area contributed by atoms with Crippen molar-refractivity contribution in [3.05, 3.63) is 54.3 Å². The summed E-state index contributed by atoms with van der Waals surface area (Å²) in [6, 6.07) is 13.7. The van der Waals surface area contributed by atoms with Crippen LogP contribution in [0, 0.1) is 11.7 Å². The van der Waals surface area contributed by atoms with Crippen molar-refractivity contribution in [1.29, 1.82) is 0 Å². The van der Waals surface area contributed by atoms with E-state index in [0.717, 1.165) is 30.9 Å². The first-order chi connectivity index (χ1) is 12.2. The van der Waals surface area contributed by atoms with Gasteiger partial charge in [-0.1, -0.05) is 24.3 Å². The molecule has 1 aliphatic heterocycles. The van der Waals surface area contributed by atoms with Crippen LogP contribution in [0.1, 0.15) is 6.42 Å². The van der Waals surface area contributed by atoms with Gasteiger partial charge in [0.15, 0.2) is 0 Å². The van der Waals surface area contributed by atoms with Crippen molar-refractivity contribution in [3.63, 3.8) is 0 Å². The van der Waals surface area contributed by atoms with Gasteiger partial charge < -0.3 is 20.3 Å². The Bertz CT molecular complexity index is 738. The smallest absolute Gasteiger partial charge is 0.319 e. The van der Waals surface area contributed by atoms with Crippen LogP contribution < -0.4 is 20.3 Å². The fourth-order valence-corrected chi connectivity index (χ4v) is 3.08. The first kappa shape index (κ1) is 17.1. The number of methoxy groups -OCH3 is 1. The van der Waals surface area contributed by atoms with Gasteiger partial charge in [0.2, 0.25) is 0 Å². The zero-order chi connectivity index (χ0) is 17.6. The molecule has 0 saturated carbocycles. The highest BCUT2D eigenvalue weighted by atomic mass is 19.1. The van der Waals surface area contributed by atoms with Crippen LogP contribution in [-0.4, -0.2) is 32.8 Å². The van der Waals surface area contributed by atoms with Gasteiger partial charge in [0.25, 0.3) is 0 Å². The van der Waals surface area contributed by atoms with Gasteiger partial charge in [-0.15, -0.1) is 0 Å². The van der Waals surface area contributed by atoms with Crippen molar-refractivity contribution in [2.45, 2.75) is 6.42 Å². The molecule has 0 radical (unpaired) electrons. The molecule has 0 aliphatic carbocycles. The first-order valence-corrected chi connectivity index (χ1v) is 8.34. The third kappa shape index (κ3) is 4.21. The fraction of sp³-hybridized carbons (Fsp3) is 0.316. The number of nitrogens with zero attached hydrogens (tertiary/aromatic N) is 1. The number of amides is 2. The Balaban J connectivity index is 1.50. The largest absolute Gasteiger partial charge is 0.495 e. The number of para-hydroxylation sites is 3. The summed E-state index contributed by atoms with van der Waals surface area (Å²) in [5.74, 6) is 0.755. The molecular formula is C19H22FN3O2. The second-order valence-corrected chi connectivity index (χ2v) is 6.09. The van der Waals surface area contributed by atoms with E-state index in [4.69, 9.17) is 4.74 Å². The third-order valence-corrected chi connectivity index (χ3v) is 4.39. The molecule has 1 heterocycles. The lowest BCUT2D eigenvalue weighted by molar-refractivity contribution is 0.250. The zero-order valence-electron chi connectivity index (χ0n) is 14.2. The number of benzene rings is 2. The van der Waals surface area contributed by atoms with Gasteiger partial charge in [-0.2, -0.15) is 0 Å². The summed E-state index contributed by atoms with van der Waals surface area (Å²) in [7, 11) is 1.67. The Hall–Kier alpha value is -2.76. The van der Waals surface area contributed by atoms with E-state index in [-0.39, 0.29) is 11.7 Å². The van der Waals surface area contributed by atoms with Gasteiger partial charge in [-0.05, 0) is 36.6 Å². The van der Waals surface area contributed by atoms with Crippen molar-refractivity contribution in [1.82, 2.24) is 5.32 Å². The molecule has 1 saturated heterocycles. The minimum atomic E-state index is -0.444. The quantitative estimate of drug-likeness (QED) is 0.874. The van der Waals surface area contributed by atoms with Gasteiger partial charge in [-0.25, -0.2) is 9.18 Å². The molecule has 2 N–H and O–H groups in total. The van der Waals surface area contributed by atoms with Crippen LogP contribution in [0.25, 0.3) is 0 Å². The van der Waals surface area contributed by atoms with E-state index < -0.39 is 5.82 Å². The molecule has 2 aromatic rings. The summed E-state index contributed by atoms with van der Waals surface area (Å²) in [4.78, 5) is 14.2. The molecule has 5 nitrogen and oxygen atoms in total. The maximum absolute atomic E-state index is 13.5. The third-order valence-electron chi connectivity index (χ3n) is 4.39. The molecule has 0 aromatic heterocycles. The van der Waals surface area contributed by atoms with Crippen molar-refractivity contribution in [2.75, 3.05) is 37.0 Å². The summed E-state index contributed by atoms with van der Waals surface area (Å²) >= 11 is 0. The summed E-state index contributed by atoms with van der Waals surface area (Å²) in [6.07, 6.45) is 0.984. The Morgan fingerprint density at radius 3 is 2.80 bits per heavy atom. The van der Waals surface area contributed by atoms with E-state index in [2.05, 4.69) is 15.5 Å². The molecule has 1 atom stereocenters. The number of anilines is 2. The Kier molecular flexibility index (Phi) is 5.38. The van der Waals surface area contributed by atoms with Crippen LogP contribution in [0.15, 0.2) is 48.5 Å². The molecule has 6 heteroatoms. The standard InChI is InChI=1S/C19H22FN3O2/c1-25-18-9-5-4-8-17(18)23-11-10-14(13-23)12-21-19(24)22-16-7-3-2-6-15(16)20/h2-9,14H,10-13H2,1H3,(H2,21,22,24). The minimum Gasteiger partial charge on any atom is -0.495 e. The number of hydrogen-bond acceptors (Lipinski definition) is 3. The SMILES string of the molecule is COc1ccccc1N1CCC(CNC(=O)Nc2ccccc2F)C1. The van der Waals surface area contributed by atoms with E-state index in [9.17, 15) is 9.18 Å². The lowest BCUT2D eigenvalue weighted by atomic mass is 10.1. The van der Waals surface area contributed by atoms with Crippen LogP contribution in [0.5, 0.6) is 5.75 Å². The van der Waals surface area contributed by atoms with Crippen LogP contribution in [0.4, 0.5) is 20.6 Å². The number of ether oxygens (including phenoxy) is 1. The lowest BCUT2D eigenvalue weighted by Crippen LogP contribution is -2.34. The molecule has 1 unspecified atom stereocenters. The second-order valence-electron chi connectivity index (χ2n) is 6.09. The fourth-order valence-electron chi connectivity index (χ4n) is 3.08. The topological polar surface area (TPSA) is 53.6 Å². The van der Waals surface area contributed by atoms with E-state index >= 15 is 0 Å². The molecular weight excluding hydrogens is 321 g/mol. The summed E-state index contributed by atoms with van der Waals surface area (Å²) in [5, 5.41) is 5.36. The van der Waals surface area contributed by atoms with E-state index in [1.54, 1.807) is 19.2 Å². The number of hydrogen-bond donors (Lipinski definition) is 2. The average Bonchev–Trinajstić information content (AvgIpc) is 3.11. The van der Waals surface area contributed by atoms with E-state index in [1.807, 2.05) is 24.3 Å². The van der Waals surface area contributed by atoms with Crippen molar-refractivity contribution in [3.8, 4) is 5.75 Å². The van der Waals surface area contributed by atoms with Crippen LogP contribution in [-0.2, 0) is 0 Å². The van der Waals surface area contributed by atoms with Crippen molar-refractivity contribution < 1.29 is 13.9 Å². The van der Waals surface area contributed by atoms with Gasteiger partial charge in [0.1, 0.15) is 11.6 Å². The monoisotopic (exact) mass is 343 g/mol. The Labute approximate surface area is 146 Å². The van der Waals surface area contributed by atoms with Crippen LogP contribution in [0.2, 0.25) is 0 Å². The van der Waals surface area contributed by atoms with E-state index in [0.29, 0.717) is 12.5 Å². The normalized spacial score (nSPS) is 16.6. The van der Waals surface area contributed by atoms with Crippen molar-refractivity contribution >= 4 is 17.4 Å². The summed E-state index contributed by atoms with van der Waals surface area (Å²) < 4.78 is 19.0. The number of carbonyl (C=O) groups is 1. The predicted molar refractivity (Wildman–Crippen MR) is 96.7 cm³/mol. The highest BCUT2D eigenvalue weighted by Gasteiger charge is 2.24. The van der Waals surface area contributed by atoms with Crippen LogP contribution in [0.3, 0.4) is 0 Å². The zero-order valence-corrected chi connectivity index (χ0v) is 14.2. The number of halogens is 1. The highest BCUT2D eigenvalue weighted by molar-refractivity contribution is 5.89. The van der Waals surface area contributed by atoms with Gasteiger partial charge in [-0.3, -0.25) is 0 Å². The Morgan fingerprint density at radius 2 is 2.00 bits per heavy atom. The minimum absolute atomic E-state index is 0.182. The lowest BCUT2D eigenvalue weighted by Gasteiger charge is -2.21. The van der Waals surface area contributed by atoms with Gasteiger partial charge >= 0.3 is 6.03 Å². The van der Waals surface area contributed by atoms with Crippen LogP contribution >= 0.6 is 0 Å². The molecule has 1 aliphatic rings. The molecule has 25 heavy (non-hydrogen) atoms. The highest BCUT2D eigenvalue weighted by Crippen LogP contribution is 2.31. The number of rotatable bonds is 5. The molecule has 0 bridgehead atoms. The van der Waals surface area contributed by atoms with Gasteiger partial charge in [0, 0.05) is 19.6 Å². The molecule has 2 aromatic carbocycles. The summed E-state index contributed by atoms with van der Waals surface area (Å²) in [6.45, 7) is 2.31. The molecule has 1 fully saturated rings. The molecule has 132 valence electrons. The predicted octanol–water partition coefficient (Wildman–Crippen LogP) is 3.48. The van der Waals surface area contributed by atoms with Gasteiger partial charge in [0.05, 0.1) is 18.5 Å². The Morgan fingerprint density at radius 1 is 1.24 bits per heavy atom. The summed E-state index contributed by atoms with van der Waals surface area (Å²) in [5.41, 5.74) is 1.25. The molecule has 2 amide bonds. The second kappa shape index (κ2) is 7.88. The molecule has 3 rings (SSSR count). The number of urea groups is 1. The average molecular weight is 343 g/mol. The first-order valence-electron chi connectivity index (χ1n) is 8.34. The maximum atomic E-state index is 13.5. The van der Waals surface area contributed by atoms with Crippen molar-refractivity contribution in [2.24, 2.45) is 5.92 Å². The van der Waals surface area contributed by atoms with E-state index in [1.165, 1.54) is 12.1 Å². The number of nitrogens with one attached hydrogen (secondary N) is 2. The maximum Gasteiger partial charge on any atom is 0.319 e. The molecule has 0 spiro atoms.